The number of esters is 1. The molecule has 3 heterocycles. The lowest BCUT2D eigenvalue weighted by atomic mass is 10.2. The van der Waals surface area contributed by atoms with Crippen LogP contribution in [0.3, 0.4) is 0 Å². The molecule has 11 heteroatoms. The van der Waals surface area contributed by atoms with Gasteiger partial charge in [0.2, 0.25) is 11.0 Å². The zero-order valence-corrected chi connectivity index (χ0v) is 16.5. The van der Waals surface area contributed by atoms with Crippen molar-refractivity contribution in [1.82, 2.24) is 19.7 Å². The van der Waals surface area contributed by atoms with Gasteiger partial charge in [0.05, 0.1) is 23.9 Å². The molecule has 3 rings (SSSR count). The molecule has 0 bridgehead atoms. The van der Waals surface area contributed by atoms with Gasteiger partial charge in [-0.3, -0.25) is 19.5 Å². The predicted molar refractivity (Wildman–Crippen MR) is 102 cm³/mol. The summed E-state index contributed by atoms with van der Waals surface area (Å²) >= 11 is 2.46. The highest BCUT2D eigenvalue weighted by Gasteiger charge is 2.19. The Morgan fingerprint density at radius 1 is 1.33 bits per heavy atom. The van der Waals surface area contributed by atoms with Gasteiger partial charge in [-0.1, -0.05) is 25.2 Å². The highest BCUT2D eigenvalue weighted by molar-refractivity contribution is 7.17. The van der Waals surface area contributed by atoms with Crippen LogP contribution >= 0.6 is 22.7 Å². The van der Waals surface area contributed by atoms with Crippen LogP contribution in [-0.2, 0) is 16.1 Å². The number of carbonyl (C=O) groups excluding carboxylic acids is 2. The summed E-state index contributed by atoms with van der Waals surface area (Å²) in [6.07, 6.45) is 1.29. The minimum absolute atomic E-state index is 0.159. The molecule has 27 heavy (non-hydrogen) atoms. The van der Waals surface area contributed by atoms with Gasteiger partial charge in [-0.25, -0.2) is 9.78 Å². The Hall–Kier alpha value is -2.66. The minimum Gasteiger partial charge on any atom is -0.462 e. The number of rotatable bonds is 6. The molecule has 0 aliphatic heterocycles. The number of hydrogen-bond donors (Lipinski definition) is 1. The quantitative estimate of drug-likeness (QED) is 0.623. The van der Waals surface area contributed by atoms with Crippen molar-refractivity contribution < 1.29 is 14.3 Å². The van der Waals surface area contributed by atoms with E-state index in [1.54, 1.807) is 6.92 Å². The zero-order chi connectivity index (χ0) is 19.6. The number of carbonyl (C=O) groups is 2. The molecule has 1 N–H and O–H groups in total. The molecule has 1 amide bonds. The Morgan fingerprint density at radius 2 is 2.11 bits per heavy atom. The number of aromatic nitrogens is 4. The molecular weight excluding hydrogens is 390 g/mol. The van der Waals surface area contributed by atoms with Gasteiger partial charge in [0.25, 0.3) is 5.56 Å². The van der Waals surface area contributed by atoms with Crippen molar-refractivity contribution in [1.29, 1.82) is 0 Å². The number of anilines is 1. The molecule has 0 aromatic carbocycles. The van der Waals surface area contributed by atoms with Crippen LogP contribution in [0.4, 0.5) is 5.13 Å². The number of fused-ring (bicyclic) bond motifs is 1. The number of hydrogen-bond acceptors (Lipinski definition) is 9. The fourth-order valence-corrected chi connectivity index (χ4v) is 3.90. The van der Waals surface area contributed by atoms with E-state index in [4.69, 9.17) is 4.74 Å². The smallest absolute Gasteiger partial charge is 0.339 e. The van der Waals surface area contributed by atoms with Gasteiger partial charge in [-0.05, 0) is 6.92 Å². The summed E-state index contributed by atoms with van der Waals surface area (Å²) in [5.41, 5.74) is -0.311. The van der Waals surface area contributed by atoms with Gasteiger partial charge in [-0.15, -0.1) is 21.5 Å². The summed E-state index contributed by atoms with van der Waals surface area (Å²) in [6, 6.07) is 0. The van der Waals surface area contributed by atoms with E-state index in [9.17, 15) is 14.4 Å². The summed E-state index contributed by atoms with van der Waals surface area (Å²) in [5.74, 6) is -0.806. The second kappa shape index (κ2) is 7.92. The van der Waals surface area contributed by atoms with Gasteiger partial charge < -0.3 is 4.74 Å². The highest BCUT2D eigenvalue weighted by atomic mass is 32.1. The maximum absolute atomic E-state index is 12.7. The molecule has 9 nitrogen and oxygen atoms in total. The normalized spacial score (nSPS) is 11.1. The molecular formula is C16H17N5O4S2. The van der Waals surface area contributed by atoms with Crippen molar-refractivity contribution in [3.8, 4) is 0 Å². The van der Waals surface area contributed by atoms with Gasteiger partial charge in [-0.2, -0.15) is 0 Å². The van der Waals surface area contributed by atoms with E-state index in [-0.39, 0.29) is 30.0 Å². The van der Waals surface area contributed by atoms with Crippen molar-refractivity contribution in [3.05, 3.63) is 32.6 Å². The van der Waals surface area contributed by atoms with Crippen molar-refractivity contribution in [2.24, 2.45) is 0 Å². The Labute approximate surface area is 162 Å². The molecule has 0 atom stereocenters. The monoisotopic (exact) mass is 407 g/mol. The molecule has 0 aliphatic carbocycles. The second-order valence-corrected chi connectivity index (χ2v) is 7.74. The van der Waals surface area contributed by atoms with E-state index in [2.05, 4.69) is 20.5 Å². The molecule has 0 radical (unpaired) electrons. The van der Waals surface area contributed by atoms with Crippen LogP contribution in [0.15, 0.2) is 16.5 Å². The molecule has 3 aromatic heterocycles. The molecule has 0 unspecified atom stereocenters. The third-order valence-electron chi connectivity index (χ3n) is 3.55. The lowest BCUT2D eigenvalue weighted by molar-refractivity contribution is -0.116. The third kappa shape index (κ3) is 4.03. The first kappa shape index (κ1) is 19.1. The first-order chi connectivity index (χ1) is 12.9. The Bertz CT molecular complexity index is 1050. The Kier molecular flexibility index (Phi) is 5.61. The van der Waals surface area contributed by atoms with Gasteiger partial charge in [0.15, 0.2) is 0 Å². The van der Waals surface area contributed by atoms with E-state index in [0.717, 1.165) is 9.57 Å². The second-order valence-electron chi connectivity index (χ2n) is 5.88. The lowest BCUT2D eigenvalue weighted by Gasteiger charge is -2.05. The average molecular weight is 407 g/mol. The van der Waals surface area contributed by atoms with Crippen molar-refractivity contribution in [3.63, 3.8) is 0 Å². The maximum atomic E-state index is 12.7. The molecule has 0 saturated heterocycles. The topological polar surface area (TPSA) is 116 Å². The third-order valence-corrected chi connectivity index (χ3v) is 5.58. The van der Waals surface area contributed by atoms with Gasteiger partial charge >= 0.3 is 5.97 Å². The number of ether oxygens (including phenoxy) is 1. The van der Waals surface area contributed by atoms with Crippen LogP contribution in [0.1, 0.15) is 42.1 Å². The van der Waals surface area contributed by atoms with E-state index in [1.165, 1.54) is 34.4 Å². The molecule has 0 saturated carbocycles. The molecule has 0 spiro atoms. The van der Waals surface area contributed by atoms with Crippen LogP contribution in [0.25, 0.3) is 10.2 Å². The van der Waals surface area contributed by atoms with E-state index in [0.29, 0.717) is 9.96 Å². The number of amides is 1. The predicted octanol–water partition coefficient (Wildman–Crippen LogP) is 2.25. The molecule has 142 valence electrons. The summed E-state index contributed by atoms with van der Waals surface area (Å²) < 4.78 is 6.12. The Balaban J connectivity index is 1.83. The van der Waals surface area contributed by atoms with Crippen LogP contribution < -0.4 is 10.9 Å². The fourth-order valence-electron chi connectivity index (χ4n) is 2.27. The van der Waals surface area contributed by atoms with E-state index < -0.39 is 17.4 Å². The Morgan fingerprint density at radius 3 is 2.78 bits per heavy atom. The molecule has 3 aromatic rings. The number of nitrogens with zero attached hydrogens (tertiary/aromatic N) is 4. The maximum Gasteiger partial charge on any atom is 0.339 e. The van der Waals surface area contributed by atoms with E-state index >= 15 is 0 Å². The lowest BCUT2D eigenvalue weighted by Crippen LogP contribution is -2.28. The summed E-state index contributed by atoms with van der Waals surface area (Å²) in [6.45, 7) is 5.60. The summed E-state index contributed by atoms with van der Waals surface area (Å²) in [5, 5.41) is 13.4. The summed E-state index contributed by atoms with van der Waals surface area (Å²) in [4.78, 5) is 41.6. The largest absolute Gasteiger partial charge is 0.462 e. The zero-order valence-electron chi connectivity index (χ0n) is 14.9. The number of thiophene rings is 1. The van der Waals surface area contributed by atoms with Crippen molar-refractivity contribution in [2.75, 3.05) is 11.9 Å². The van der Waals surface area contributed by atoms with Crippen LogP contribution in [0.5, 0.6) is 0 Å². The summed E-state index contributed by atoms with van der Waals surface area (Å²) in [7, 11) is 0. The minimum atomic E-state index is -0.583. The van der Waals surface area contributed by atoms with Crippen molar-refractivity contribution in [2.45, 2.75) is 33.2 Å². The fraction of sp³-hybridized carbons (Fsp3) is 0.375. The van der Waals surface area contributed by atoms with Crippen molar-refractivity contribution >= 4 is 49.9 Å². The first-order valence-corrected chi connectivity index (χ1v) is 9.87. The van der Waals surface area contributed by atoms with Crippen LogP contribution in [0.2, 0.25) is 0 Å². The number of nitrogens with one attached hydrogen (secondary N) is 1. The van der Waals surface area contributed by atoms with Gasteiger partial charge in [0, 0.05) is 11.3 Å². The molecule has 0 aliphatic rings. The van der Waals surface area contributed by atoms with Gasteiger partial charge in [0.1, 0.15) is 16.4 Å². The first-order valence-electron chi connectivity index (χ1n) is 8.17. The SMILES string of the molecule is CCOC(=O)c1csc2ncn(CC(=O)Nc3nnc(C(C)C)s3)c(=O)c12. The average Bonchev–Trinajstić information content (AvgIpc) is 3.25. The highest BCUT2D eigenvalue weighted by Crippen LogP contribution is 2.23. The molecule has 0 fully saturated rings. The van der Waals surface area contributed by atoms with Crippen LogP contribution in [0, 0.1) is 0 Å². The van der Waals surface area contributed by atoms with Crippen LogP contribution in [-0.4, -0.2) is 38.2 Å². The van der Waals surface area contributed by atoms with E-state index in [1.807, 2.05) is 13.8 Å². The standard InChI is InChI=1S/C16H17N5O4S2/c1-4-25-15(24)9-6-26-13-11(9)14(23)21(7-17-13)5-10(22)18-16-20-19-12(27-16)8(2)3/h6-8H,4-5H2,1-3H3,(H,18,20,22).